The van der Waals surface area contributed by atoms with Crippen molar-refractivity contribution < 1.29 is 14.7 Å². The second kappa shape index (κ2) is 5.59. The Morgan fingerprint density at radius 3 is 2.57 bits per heavy atom. The van der Waals surface area contributed by atoms with Gasteiger partial charge in [-0.2, -0.15) is 0 Å². The van der Waals surface area contributed by atoms with Crippen LogP contribution in [-0.4, -0.2) is 36.6 Å². The van der Waals surface area contributed by atoms with Crippen molar-refractivity contribution >= 4 is 11.9 Å². The zero-order valence-corrected chi connectivity index (χ0v) is 8.08. The molecule has 1 aliphatic heterocycles. The van der Waals surface area contributed by atoms with E-state index in [0.29, 0.717) is 0 Å². The summed E-state index contributed by atoms with van der Waals surface area (Å²) in [6.45, 7) is 1.98. The number of hydrogen-bond donors (Lipinski definition) is 3. The van der Waals surface area contributed by atoms with E-state index in [1.807, 2.05) is 0 Å². The van der Waals surface area contributed by atoms with Crippen molar-refractivity contribution in [1.82, 2.24) is 10.6 Å². The molecule has 1 heterocycles. The molecule has 0 unspecified atom stereocenters. The summed E-state index contributed by atoms with van der Waals surface area (Å²) >= 11 is 0. The summed E-state index contributed by atoms with van der Waals surface area (Å²) in [5, 5.41) is 14.2. The normalized spacial score (nSPS) is 17.7. The Morgan fingerprint density at radius 2 is 2.00 bits per heavy atom. The Labute approximate surface area is 82.9 Å². The van der Waals surface area contributed by atoms with Crippen molar-refractivity contribution in [3.8, 4) is 0 Å². The van der Waals surface area contributed by atoms with E-state index in [1.54, 1.807) is 0 Å². The minimum Gasteiger partial charge on any atom is -0.481 e. The first-order valence-corrected chi connectivity index (χ1v) is 4.90. The number of hydrogen-bond acceptors (Lipinski definition) is 3. The van der Waals surface area contributed by atoms with Crippen LogP contribution in [0.4, 0.5) is 0 Å². The van der Waals surface area contributed by atoms with E-state index in [1.165, 1.54) is 0 Å². The summed E-state index contributed by atoms with van der Waals surface area (Å²) in [5.41, 5.74) is 0. The molecule has 0 aromatic carbocycles. The summed E-state index contributed by atoms with van der Waals surface area (Å²) in [6, 6.07) is 0. The summed E-state index contributed by atoms with van der Waals surface area (Å²) in [7, 11) is 0. The summed E-state index contributed by atoms with van der Waals surface area (Å²) in [5.74, 6) is -0.826. The third-order valence-electron chi connectivity index (χ3n) is 2.35. The van der Waals surface area contributed by atoms with E-state index in [4.69, 9.17) is 5.11 Å². The highest BCUT2D eigenvalue weighted by atomic mass is 16.4. The topological polar surface area (TPSA) is 78.4 Å². The third-order valence-corrected chi connectivity index (χ3v) is 2.35. The maximum atomic E-state index is 11.4. The lowest BCUT2D eigenvalue weighted by atomic mass is 9.97. The maximum Gasteiger partial charge on any atom is 0.305 e. The second-order valence-corrected chi connectivity index (χ2v) is 3.46. The Balaban J connectivity index is 2.16. The molecule has 1 aliphatic rings. The Morgan fingerprint density at radius 1 is 1.36 bits per heavy atom. The molecule has 14 heavy (non-hydrogen) atoms. The molecule has 80 valence electrons. The lowest BCUT2D eigenvalue weighted by Gasteiger charge is -2.21. The molecule has 3 N–H and O–H groups in total. The number of carbonyl (C=O) groups is 2. The number of rotatable bonds is 4. The summed E-state index contributed by atoms with van der Waals surface area (Å²) < 4.78 is 0. The fraction of sp³-hybridized carbons (Fsp3) is 0.778. The Hall–Kier alpha value is -1.10. The number of carboxylic acids is 1. The van der Waals surface area contributed by atoms with Crippen LogP contribution in [0, 0.1) is 5.92 Å². The fourth-order valence-electron chi connectivity index (χ4n) is 1.52. The molecule has 0 spiro atoms. The van der Waals surface area contributed by atoms with Crippen molar-refractivity contribution in [2.24, 2.45) is 5.92 Å². The predicted molar refractivity (Wildman–Crippen MR) is 50.9 cm³/mol. The summed E-state index contributed by atoms with van der Waals surface area (Å²) in [6.07, 6.45) is 1.69. The highest BCUT2D eigenvalue weighted by Gasteiger charge is 2.20. The minimum absolute atomic E-state index is 0.00326. The zero-order valence-electron chi connectivity index (χ0n) is 8.08. The first-order valence-electron chi connectivity index (χ1n) is 4.90. The molecule has 1 saturated heterocycles. The van der Waals surface area contributed by atoms with Gasteiger partial charge < -0.3 is 15.7 Å². The maximum absolute atomic E-state index is 11.4. The van der Waals surface area contributed by atoms with E-state index in [0.717, 1.165) is 25.9 Å². The lowest BCUT2D eigenvalue weighted by Crippen LogP contribution is -2.38. The van der Waals surface area contributed by atoms with Gasteiger partial charge in [0.2, 0.25) is 5.91 Å². The van der Waals surface area contributed by atoms with E-state index in [2.05, 4.69) is 10.6 Å². The SMILES string of the molecule is O=C(O)CCNC(=O)C1CCNCC1. The molecule has 1 fully saturated rings. The van der Waals surface area contributed by atoms with Crippen LogP contribution < -0.4 is 10.6 Å². The standard InChI is InChI=1S/C9H16N2O3/c12-8(13)3-6-11-9(14)7-1-4-10-5-2-7/h7,10H,1-6H2,(H,11,14)(H,12,13). The van der Waals surface area contributed by atoms with Crippen LogP contribution >= 0.6 is 0 Å². The number of aliphatic carboxylic acids is 1. The fourth-order valence-corrected chi connectivity index (χ4v) is 1.52. The van der Waals surface area contributed by atoms with E-state index in [9.17, 15) is 9.59 Å². The largest absolute Gasteiger partial charge is 0.481 e. The molecule has 0 bridgehead atoms. The van der Waals surface area contributed by atoms with Crippen molar-refractivity contribution in [2.75, 3.05) is 19.6 Å². The van der Waals surface area contributed by atoms with E-state index in [-0.39, 0.29) is 24.8 Å². The van der Waals surface area contributed by atoms with Gasteiger partial charge in [0, 0.05) is 12.5 Å². The van der Waals surface area contributed by atoms with Gasteiger partial charge in [-0.1, -0.05) is 0 Å². The predicted octanol–water partition coefficient (Wildman–Crippen LogP) is -0.423. The molecular weight excluding hydrogens is 184 g/mol. The quantitative estimate of drug-likeness (QED) is 0.575. The van der Waals surface area contributed by atoms with Gasteiger partial charge in [0.05, 0.1) is 6.42 Å². The van der Waals surface area contributed by atoms with E-state index >= 15 is 0 Å². The van der Waals surface area contributed by atoms with E-state index < -0.39 is 5.97 Å². The number of carbonyl (C=O) groups excluding carboxylic acids is 1. The molecule has 0 saturated carbocycles. The average molecular weight is 200 g/mol. The molecule has 1 rings (SSSR count). The van der Waals surface area contributed by atoms with Crippen LogP contribution in [0.2, 0.25) is 0 Å². The van der Waals surface area contributed by atoms with Gasteiger partial charge >= 0.3 is 5.97 Å². The van der Waals surface area contributed by atoms with Crippen LogP contribution in [0.1, 0.15) is 19.3 Å². The highest BCUT2D eigenvalue weighted by molar-refractivity contribution is 5.79. The minimum atomic E-state index is -0.879. The van der Waals surface area contributed by atoms with Crippen LogP contribution in [0.5, 0.6) is 0 Å². The second-order valence-electron chi connectivity index (χ2n) is 3.46. The van der Waals surface area contributed by atoms with Gasteiger partial charge in [-0.25, -0.2) is 0 Å². The first-order chi connectivity index (χ1) is 6.70. The molecule has 0 atom stereocenters. The molecule has 1 amide bonds. The summed E-state index contributed by atoms with van der Waals surface area (Å²) in [4.78, 5) is 21.6. The van der Waals surface area contributed by atoms with Gasteiger partial charge in [0.1, 0.15) is 0 Å². The van der Waals surface area contributed by atoms with Crippen LogP contribution in [0.15, 0.2) is 0 Å². The number of carboxylic acid groups (broad SMARTS) is 1. The van der Waals surface area contributed by atoms with Crippen LogP contribution in [0.25, 0.3) is 0 Å². The monoisotopic (exact) mass is 200 g/mol. The molecule has 0 radical (unpaired) electrons. The number of nitrogens with one attached hydrogen (secondary N) is 2. The number of amides is 1. The third kappa shape index (κ3) is 3.74. The van der Waals surface area contributed by atoms with Gasteiger partial charge in [-0.05, 0) is 25.9 Å². The smallest absolute Gasteiger partial charge is 0.305 e. The molecule has 5 nitrogen and oxygen atoms in total. The average Bonchev–Trinajstić information content (AvgIpc) is 2.18. The van der Waals surface area contributed by atoms with Gasteiger partial charge in [0.25, 0.3) is 0 Å². The number of piperidine rings is 1. The highest BCUT2D eigenvalue weighted by Crippen LogP contribution is 2.10. The molecule has 0 aliphatic carbocycles. The van der Waals surface area contributed by atoms with Gasteiger partial charge in [-0.15, -0.1) is 0 Å². The molecule has 0 aromatic heterocycles. The van der Waals surface area contributed by atoms with Crippen molar-refractivity contribution in [2.45, 2.75) is 19.3 Å². The molecule has 5 heteroatoms. The van der Waals surface area contributed by atoms with Gasteiger partial charge in [-0.3, -0.25) is 9.59 Å². The van der Waals surface area contributed by atoms with Crippen molar-refractivity contribution in [1.29, 1.82) is 0 Å². The first kappa shape index (κ1) is 11.0. The van der Waals surface area contributed by atoms with Crippen LogP contribution in [-0.2, 0) is 9.59 Å². The Bertz CT molecular complexity index is 212. The van der Waals surface area contributed by atoms with Gasteiger partial charge in [0.15, 0.2) is 0 Å². The zero-order chi connectivity index (χ0) is 10.4. The Kier molecular flexibility index (Phi) is 4.39. The van der Waals surface area contributed by atoms with Crippen molar-refractivity contribution in [3.63, 3.8) is 0 Å². The van der Waals surface area contributed by atoms with Crippen LogP contribution in [0.3, 0.4) is 0 Å². The lowest BCUT2D eigenvalue weighted by molar-refractivity contribution is -0.137. The van der Waals surface area contributed by atoms with Crippen molar-refractivity contribution in [3.05, 3.63) is 0 Å². The molecule has 0 aromatic rings. The molecular formula is C9H16N2O3.